The lowest BCUT2D eigenvalue weighted by molar-refractivity contribution is -0.386. The molecular weight excluding hydrogens is 288 g/mol. The highest BCUT2D eigenvalue weighted by Crippen LogP contribution is 2.41. The van der Waals surface area contributed by atoms with E-state index in [1.165, 1.54) is 6.07 Å². The van der Waals surface area contributed by atoms with Gasteiger partial charge < -0.3 is 10.8 Å². The lowest BCUT2D eigenvalue weighted by atomic mass is 9.82. The van der Waals surface area contributed by atoms with Crippen LogP contribution in [0.15, 0.2) is 16.6 Å². The minimum absolute atomic E-state index is 0.299. The van der Waals surface area contributed by atoms with Crippen LogP contribution >= 0.6 is 15.9 Å². The number of hydrogen-bond acceptors (Lipinski definition) is 4. The smallest absolute Gasteiger partial charge is 0.312 e. The Balaban J connectivity index is 3.40. The van der Waals surface area contributed by atoms with Crippen molar-refractivity contribution in [3.63, 3.8) is 0 Å². The first-order chi connectivity index (χ1) is 7.64. The molecule has 0 aliphatic heterocycles. The molecule has 1 rings (SSSR count). The van der Waals surface area contributed by atoms with Crippen LogP contribution in [0.25, 0.3) is 0 Å². The average Bonchev–Trinajstić information content (AvgIpc) is 2.18. The predicted octanol–water partition coefficient (Wildman–Crippen LogP) is 3.11. The molecule has 94 valence electrons. The fourth-order valence-corrected chi connectivity index (χ4v) is 1.91. The van der Waals surface area contributed by atoms with Crippen molar-refractivity contribution in [2.45, 2.75) is 26.8 Å². The molecule has 17 heavy (non-hydrogen) atoms. The van der Waals surface area contributed by atoms with Gasteiger partial charge in [0.25, 0.3) is 0 Å². The zero-order valence-electron chi connectivity index (χ0n) is 9.90. The molecule has 1 aromatic carbocycles. The molecule has 0 spiro atoms. The molecule has 0 aliphatic carbocycles. The van der Waals surface area contributed by atoms with Gasteiger partial charge in [0.15, 0.2) is 5.75 Å². The number of phenols is 1. The van der Waals surface area contributed by atoms with Gasteiger partial charge in [-0.3, -0.25) is 10.1 Å². The second-order valence-corrected chi connectivity index (χ2v) is 5.88. The fourth-order valence-electron chi connectivity index (χ4n) is 1.45. The van der Waals surface area contributed by atoms with Gasteiger partial charge in [-0.1, -0.05) is 36.7 Å². The normalized spacial score (nSPS) is 13.5. The third-order valence-electron chi connectivity index (χ3n) is 2.55. The summed E-state index contributed by atoms with van der Waals surface area (Å²) in [4.78, 5) is 10.2. The van der Waals surface area contributed by atoms with E-state index in [4.69, 9.17) is 5.73 Å². The quantitative estimate of drug-likeness (QED) is 0.649. The summed E-state index contributed by atoms with van der Waals surface area (Å²) in [5.74, 6) is -0.361. The number of nitrogens with zero attached hydrogens (tertiary/aromatic N) is 1. The molecule has 0 heterocycles. The van der Waals surface area contributed by atoms with E-state index in [0.29, 0.717) is 10.0 Å². The van der Waals surface area contributed by atoms with Crippen LogP contribution in [-0.4, -0.2) is 10.0 Å². The molecular formula is C11H15BrN2O3. The molecule has 1 atom stereocenters. The molecule has 0 aliphatic rings. The minimum Gasteiger partial charge on any atom is -0.502 e. The Kier molecular flexibility index (Phi) is 3.78. The van der Waals surface area contributed by atoms with Crippen molar-refractivity contribution in [1.82, 2.24) is 0 Å². The summed E-state index contributed by atoms with van der Waals surface area (Å²) in [6.07, 6.45) is 0. The van der Waals surface area contributed by atoms with Crippen LogP contribution in [0.3, 0.4) is 0 Å². The van der Waals surface area contributed by atoms with Gasteiger partial charge in [0.1, 0.15) is 0 Å². The number of halogens is 1. The molecule has 0 saturated carbocycles. The second-order valence-electron chi connectivity index (χ2n) is 4.96. The van der Waals surface area contributed by atoms with E-state index in [0.717, 1.165) is 0 Å². The Morgan fingerprint density at radius 2 is 2.00 bits per heavy atom. The van der Waals surface area contributed by atoms with Crippen LogP contribution < -0.4 is 5.73 Å². The van der Waals surface area contributed by atoms with Gasteiger partial charge in [0.05, 0.1) is 4.92 Å². The van der Waals surface area contributed by atoms with Crippen LogP contribution in [0, 0.1) is 15.5 Å². The summed E-state index contributed by atoms with van der Waals surface area (Å²) >= 11 is 3.18. The van der Waals surface area contributed by atoms with Gasteiger partial charge in [-0.25, -0.2) is 0 Å². The Bertz CT molecular complexity index is 455. The predicted molar refractivity (Wildman–Crippen MR) is 68.8 cm³/mol. The third kappa shape index (κ3) is 2.95. The molecule has 0 bridgehead atoms. The second kappa shape index (κ2) is 4.62. The van der Waals surface area contributed by atoms with Gasteiger partial charge in [-0.15, -0.1) is 0 Å². The molecule has 1 aromatic rings. The zero-order chi connectivity index (χ0) is 13.4. The summed E-state index contributed by atoms with van der Waals surface area (Å²) in [5.41, 5.74) is 5.74. The maximum absolute atomic E-state index is 10.8. The maximum atomic E-state index is 10.8. The third-order valence-corrected chi connectivity index (χ3v) is 3.01. The van der Waals surface area contributed by atoms with E-state index < -0.39 is 11.0 Å². The van der Waals surface area contributed by atoms with Crippen LogP contribution in [0.4, 0.5) is 5.69 Å². The van der Waals surface area contributed by atoms with Gasteiger partial charge in [0, 0.05) is 22.1 Å². The summed E-state index contributed by atoms with van der Waals surface area (Å²) in [6, 6.07) is 2.38. The van der Waals surface area contributed by atoms with Gasteiger partial charge in [-0.2, -0.15) is 0 Å². The van der Waals surface area contributed by atoms with Gasteiger partial charge in [0.2, 0.25) is 0 Å². The van der Waals surface area contributed by atoms with Crippen molar-refractivity contribution in [2.24, 2.45) is 11.1 Å². The monoisotopic (exact) mass is 302 g/mol. The first-order valence-electron chi connectivity index (χ1n) is 5.07. The number of nitro benzene ring substituents is 1. The van der Waals surface area contributed by atoms with Crippen molar-refractivity contribution in [3.8, 4) is 5.75 Å². The van der Waals surface area contributed by atoms with Crippen LogP contribution in [0.5, 0.6) is 5.75 Å². The molecule has 0 saturated heterocycles. The Hall–Kier alpha value is -1.14. The van der Waals surface area contributed by atoms with E-state index in [9.17, 15) is 15.2 Å². The van der Waals surface area contributed by atoms with Gasteiger partial charge in [-0.05, 0) is 11.5 Å². The van der Waals surface area contributed by atoms with E-state index in [2.05, 4.69) is 15.9 Å². The topological polar surface area (TPSA) is 89.4 Å². The van der Waals surface area contributed by atoms with E-state index in [-0.39, 0.29) is 16.9 Å². The van der Waals surface area contributed by atoms with Crippen molar-refractivity contribution < 1.29 is 10.0 Å². The molecule has 3 N–H and O–H groups in total. The van der Waals surface area contributed by atoms with Crippen molar-refractivity contribution in [3.05, 3.63) is 32.3 Å². The number of nitro groups is 1. The van der Waals surface area contributed by atoms with Gasteiger partial charge >= 0.3 is 5.69 Å². The van der Waals surface area contributed by atoms with Crippen LogP contribution in [0.2, 0.25) is 0 Å². The van der Waals surface area contributed by atoms with Crippen molar-refractivity contribution in [1.29, 1.82) is 0 Å². The SMILES string of the molecule is CC(C)(C)[C@@H](N)c1cc(Br)cc([N+](=O)[O-])c1O. The fraction of sp³-hybridized carbons (Fsp3) is 0.455. The Morgan fingerprint density at radius 3 is 2.41 bits per heavy atom. The lowest BCUT2D eigenvalue weighted by Crippen LogP contribution is -2.26. The summed E-state index contributed by atoms with van der Waals surface area (Å²) < 4.78 is 0.525. The number of nitrogens with two attached hydrogens (primary N) is 1. The van der Waals surface area contributed by atoms with Crippen LogP contribution in [-0.2, 0) is 0 Å². The van der Waals surface area contributed by atoms with Crippen molar-refractivity contribution in [2.75, 3.05) is 0 Å². The number of hydrogen-bond donors (Lipinski definition) is 2. The van der Waals surface area contributed by atoms with Crippen LogP contribution in [0.1, 0.15) is 32.4 Å². The molecule has 0 unspecified atom stereocenters. The maximum Gasteiger partial charge on any atom is 0.312 e. The molecule has 0 aromatic heterocycles. The summed E-state index contributed by atoms with van der Waals surface area (Å²) in [6.45, 7) is 5.72. The van der Waals surface area contributed by atoms with E-state index in [1.807, 2.05) is 20.8 Å². The van der Waals surface area contributed by atoms with E-state index in [1.54, 1.807) is 6.07 Å². The first kappa shape index (κ1) is 13.9. The number of aromatic hydroxyl groups is 1. The number of phenolic OH excluding ortho intramolecular Hbond substituents is 1. The average molecular weight is 303 g/mol. The molecule has 0 radical (unpaired) electrons. The lowest BCUT2D eigenvalue weighted by Gasteiger charge is -2.27. The highest BCUT2D eigenvalue weighted by Gasteiger charge is 2.29. The minimum atomic E-state index is -0.626. The number of rotatable bonds is 2. The summed E-state index contributed by atoms with van der Waals surface area (Å²) in [7, 11) is 0. The molecule has 5 nitrogen and oxygen atoms in total. The van der Waals surface area contributed by atoms with Crippen molar-refractivity contribution >= 4 is 21.6 Å². The molecule has 6 heteroatoms. The number of benzene rings is 1. The highest BCUT2D eigenvalue weighted by atomic mass is 79.9. The Labute approximate surface area is 108 Å². The van der Waals surface area contributed by atoms with E-state index >= 15 is 0 Å². The largest absolute Gasteiger partial charge is 0.502 e. The summed E-state index contributed by atoms with van der Waals surface area (Å²) in [5, 5.41) is 20.7. The first-order valence-corrected chi connectivity index (χ1v) is 5.86. The molecule has 0 amide bonds. The zero-order valence-corrected chi connectivity index (χ0v) is 11.5. The highest BCUT2D eigenvalue weighted by molar-refractivity contribution is 9.10. The standard InChI is InChI=1S/C11H15BrN2O3/c1-11(2,3)10(13)7-4-6(12)5-8(9(7)15)14(16)17/h4-5,10,15H,13H2,1-3H3/t10-/m0/s1. The Morgan fingerprint density at radius 1 is 1.47 bits per heavy atom. The molecule has 0 fully saturated rings.